The summed E-state index contributed by atoms with van der Waals surface area (Å²) < 4.78 is 49.9. The minimum atomic E-state index is -3.07. The van der Waals surface area contributed by atoms with Gasteiger partial charge in [-0.15, -0.1) is 0 Å². The predicted octanol–water partition coefficient (Wildman–Crippen LogP) is 5.46. The molecule has 2 rings (SSSR count). The van der Waals surface area contributed by atoms with E-state index < -0.39 is 24.7 Å². The summed E-state index contributed by atoms with van der Waals surface area (Å²) in [5.74, 6) is -3.10. The first-order valence-electron chi connectivity index (χ1n) is 7.86. The molecule has 0 amide bonds. The van der Waals surface area contributed by atoms with Gasteiger partial charge in [0.25, 0.3) is 5.92 Å². The molecule has 0 aromatic heterocycles. The lowest BCUT2D eigenvalue weighted by Crippen LogP contribution is -2.33. The topological polar surface area (TPSA) is 23.8 Å². The van der Waals surface area contributed by atoms with Crippen molar-refractivity contribution in [3.63, 3.8) is 0 Å². The summed E-state index contributed by atoms with van der Waals surface area (Å²) in [5.41, 5.74) is 0. The van der Waals surface area contributed by atoms with E-state index in [1.165, 1.54) is 0 Å². The van der Waals surface area contributed by atoms with Crippen LogP contribution in [0.3, 0.4) is 0 Å². The van der Waals surface area contributed by atoms with Gasteiger partial charge in [0.2, 0.25) is 0 Å². The van der Waals surface area contributed by atoms with E-state index in [9.17, 15) is 17.6 Å². The van der Waals surface area contributed by atoms with Crippen LogP contribution in [-0.2, 0) is 0 Å². The Kier molecular flexibility index (Phi) is 7.48. The maximum absolute atomic E-state index is 12.8. The van der Waals surface area contributed by atoms with Crippen molar-refractivity contribution in [3.8, 4) is 6.07 Å². The van der Waals surface area contributed by atoms with Crippen LogP contribution in [0.2, 0.25) is 0 Å². The number of hydrogen-bond donors (Lipinski definition) is 0. The van der Waals surface area contributed by atoms with Gasteiger partial charge in [-0.3, -0.25) is 0 Å². The Bertz CT molecular complexity index is 324. The minimum Gasteiger partial charge on any atom is -0.247 e. The number of nitrogens with zero attached hydrogens (tertiary/aromatic N) is 1. The van der Waals surface area contributed by atoms with Gasteiger partial charge in [0, 0.05) is 11.8 Å². The molecule has 21 heavy (non-hydrogen) atoms. The first-order chi connectivity index (χ1) is 9.89. The molecule has 0 spiro atoms. The lowest BCUT2D eigenvalue weighted by atomic mass is 9.80. The summed E-state index contributed by atoms with van der Waals surface area (Å²) in [6.45, 7) is 0.565. The van der Waals surface area contributed by atoms with Gasteiger partial charge < -0.3 is 0 Å². The molecule has 2 aliphatic rings. The molecule has 0 aromatic carbocycles. The van der Waals surface area contributed by atoms with Crippen molar-refractivity contribution >= 4 is 0 Å². The van der Waals surface area contributed by atoms with Crippen molar-refractivity contribution in [2.75, 3.05) is 6.67 Å². The third-order valence-corrected chi connectivity index (χ3v) is 4.63. The highest BCUT2D eigenvalue weighted by molar-refractivity contribution is 4.86. The second kappa shape index (κ2) is 8.60. The summed E-state index contributed by atoms with van der Waals surface area (Å²) in [7, 11) is 0. The molecule has 0 N–H and O–H groups in total. The molecule has 2 aliphatic carbocycles. The lowest BCUT2D eigenvalue weighted by molar-refractivity contribution is -0.0901. The van der Waals surface area contributed by atoms with E-state index >= 15 is 0 Å². The predicted molar refractivity (Wildman–Crippen MR) is 74.5 cm³/mol. The monoisotopic (exact) mass is 307 g/mol. The van der Waals surface area contributed by atoms with Crippen molar-refractivity contribution < 1.29 is 17.6 Å². The van der Waals surface area contributed by atoms with Crippen molar-refractivity contribution in [2.24, 2.45) is 17.8 Å². The molecule has 1 nitrogen and oxygen atoms in total. The smallest absolute Gasteiger partial charge is 0.247 e. The van der Waals surface area contributed by atoms with Crippen LogP contribution in [0, 0.1) is 29.1 Å². The molecule has 0 bridgehead atoms. The van der Waals surface area contributed by atoms with Crippen LogP contribution in [0.15, 0.2) is 0 Å². The van der Waals surface area contributed by atoms with E-state index in [2.05, 4.69) is 13.0 Å². The number of alkyl halides is 4. The standard InChI is InChI=1S/C9H15F3.C7H10FN/c1-7-2-4-8(5-3-7)9(11,12)6-10;8-7-3-1-6(5-9)2-4-7/h7-8H,2-6H2,1H3;6-7H,1-4H2. The van der Waals surface area contributed by atoms with Gasteiger partial charge in [0.1, 0.15) is 6.17 Å². The van der Waals surface area contributed by atoms with E-state index in [4.69, 9.17) is 5.26 Å². The van der Waals surface area contributed by atoms with Gasteiger partial charge in [-0.1, -0.05) is 19.8 Å². The quantitative estimate of drug-likeness (QED) is 0.622. The number of hydrogen-bond acceptors (Lipinski definition) is 1. The molecule has 0 atom stereocenters. The number of nitriles is 1. The Labute approximate surface area is 124 Å². The van der Waals surface area contributed by atoms with Crippen LogP contribution >= 0.6 is 0 Å². The van der Waals surface area contributed by atoms with Gasteiger partial charge in [-0.05, 0) is 44.4 Å². The fourth-order valence-electron chi connectivity index (χ4n) is 2.97. The van der Waals surface area contributed by atoms with Crippen molar-refractivity contribution in [1.29, 1.82) is 5.26 Å². The minimum absolute atomic E-state index is 0.136. The highest BCUT2D eigenvalue weighted by Gasteiger charge is 2.40. The van der Waals surface area contributed by atoms with Crippen LogP contribution in [-0.4, -0.2) is 18.8 Å². The van der Waals surface area contributed by atoms with Gasteiger partial charge in [-0.25, -0.2) is 17.6 Å². The highest BCUT2D eigenvalue weighted by Crippen LogP contribution is 2.38. The average Bonchev–Trinajstić information content (AvgIpc) is 2.49. The van der Waals surface area contributed by atoms with Crippen molar-refractivity contribution in [2.45, 2.75) is 70.4 Å². The Morgan fingerprint density at radius 1 is 1.00 bits per heavy atom. The molecule has 5 heteroatoms. The highest BCUT2D eigenvalue weighted by atomic mass is 19.3. The maximum atomic E-state index is 12.8. The molecule has 2 fully saturated rings. The zero-order valence-electron chi connectivity index (χ0n) is 12.6. The molecular formula is C16H25F4N. The largest absolute Gasteiger partial charge is 0.278 e. The first-order valence-corrected chi connectivity index (χ1v) is 7.86. The molecule has 0 saturated heterocycles. The van der Waals surface area contributed by atoms with Crippen LogP contribution in [0.1, 0.15) is 58.3 Å². The second-order valence-corrected chi connectivity index (χ2v) is 6.43. The van der Waals surface area contributed by atoms with E-state index in [0.717, 1.165) is 25.7 Å². The second-order valence-electron chi connectivity index (χ2n) is 6.43. The molecule has 0 unspecified atom stereocenters. The van der Waals surface area contributed by atoms with Gasteiger partial charge in [0.05, 0.1) is 6.07 Å². The van der Waals surface area contributed by atoms with Crippen LogP contribution in [0.25, 0.3) is 0 Å². The summed E-state index contributed by atoms with van der Waals surface area (Å²) in [6, 6.07) is 2.16. The Hall–Kier alpha value is -0.790. The Morgan fingerprint density at radius 2 is 1.52 bits per heavy atom. The Morgan fingerprint density at radius 3 is 1.95 bits per heavy atom. The zero-order valence-corrected chi connectivity index (χ0v) is 12.6. The molecule has 0 radical (unpaired) electrons. The third kappa shape index (κ3) is 6.23. The molecule has 0 aromatic rings. The fraction of sp³-hybridized carbons (Fsp3) is 0.938. The van der Waals surface area contributed by atoms with Crippen LogP contribution in [0.4, 0.5) is 17.6 Å². The summed E-state index contributed by atoms with van der Waals surface area (Å²) in [6.07, 6.45) is 4.69. The average molecular weight is 307 g/mol. The fourth-order valence-corrected chi connectivity index (χ4v) is 2.97. The van der Waals surface area contributed by atoms with E-state index in [1.54, 1.807) is 0 Å². The maximum Gasteiger partial charge on any atom is 0.278 e. The van der Waals surface area contributed by atoms with Crippen molar-refractivity contribution in [1.82, 2.24) is 0 Å². The third-order valence-electron chi connectivity index (χ3n) is 4.63. The van der Waals surface area contributed by atoms with Gasteiger partial charge in [-0.2, -0.15) is 5.26 Å². The van der Waals surface area contributed by atoms with Crippen molar-refractivity contribution in [3.05, 3.63) is 0 Å². The molecule has 122 valence electrons. The van der Waals surface area contributed by atoms with Gasteiger partial charge >= 0.3 is 0 Å². The lowest BCUT2D eigenvalue weighted by Gasteiger charge is -2.30. The molecular weight excluding hydrogens is 282 g/mol. The normalized spacial score (nSPS) is 33.5. The zero-order chi connectivity index (χ0) is 15.9. The van der Waals surface area contributed by atoms with E-state index in [-0.39, 0.29) is 5.92 Å². The first kappa shape index (κ1) is 18.3. The van der Waals surface area contributed by atoms with E-state index in [0.29, 0.717) is 31.6 Å². The Balaban J connectivity index is 0.000000219. The number of rotatable bonds is 2. The summed E-state index contributed by atoms with van der Waals surface area (Å²) in [5, 5.41) is 8.40. The summed E-state index contributed by atoms with van der Waals surface area (Å²) in [4.78, 5) is 0. The number of halogens is 4. The van der Waals surface area contributed by atoms with Gasteiger partial charge in [0.15, 0.2) is 6.67 Å². The SMILES string of the molecule is CC1CCC(C(F)(F)CF)CC1.N#CC1CCC(F)CC1. The van der Waals surface area contributed by atoms with E-state index in [1.807, 2.05) is 0 Å². The molecule has 0 aliphatic heterocycles. The van der Waals surface area contributed by atoms with Crippen LogP contribution < -0.4 is 0 Å². The van der Waals surface area contributed by atoms with Crippen LogP contribution in [0.5, 0.6) is 0 Å². The molecule has 0 heterocycles. The summed E-state index contributed by atoms with van der Waals surface area (Å²) >= 11 is 0. The molecule has 2 saturated carbocycles.